The Bertz CT molecular complexity index is 1100. The highest BCUT2D eigenvalue weighted by Crippen LogP contribution is 2.22. The quantitative estimate of drug-likeness (QED) is 0.560. The summed E-state index contributed by atoms with van der Waals surface area (Å²) in [5, 5.41) is 5.85. The minimum absolute atomic E-state index is 0.0956. The highest BCUT2D eigenvalue weighted by Gasteiger charge is 2.20. The van der Waals surface area contributed by atoms with Crippen molar-refractivity contribution in [1.29, 1.82) is 0 Å². The van der Waals surface area contributed by atoms with E-state index in [1.807, 2.05) is 39.0 Å². The van der Waals surface area contributed by atoms with E-state index in [1.165, 1.54) is 6.20 Å². The zero-order valence-electron chi connectivity index (χ0n) is 19.6. The number of piperazine rings is 1. The molecule has 1 saturated heterocycles. The van der Waals surface area contributed by atoms with Gasteiger partial charge in [-0.3, -0.25) is 15.0 Å². The molecule has 0 spiro atoms. The SMILES string of the molecule is CCCN1CCN(c2nc(C)nc(Nc3ncc(C(=O)Nc4c(C)cccc4C)o3)n2)CC1. The molecule has 0 radical (unpaired) electrons. The Balaban J connectivity index is 1.43. The second-order valence-electron chi connectivity index (χ2n) is 8.21. The molecule has 0 saturated carbocycles. The van der Waals surface area contributed by atoms with Gasteiger partial charge in [-0.25, -0.2) is 4.98 Å². The first kappa shape index (κ1) is 22.7. The molecule has 1 fully saturated rings. The lowest BCUT2D eigenvalue weighted by Crippen LogP contribution is -2.47. The van der Waals surface area contributed by atoms with Gasteiger partial charge in [0.1, 0.15) is 5.82 Å². The zero-order valence-corrected chi connectivity index (χ0v) is 19.6. The number of oxazole rings is 1. The molecule has 1 aliphatic rings. The fraction of sp³-hybridized carbons (Fsp3) is 0.435. The fourth-order valence-electron chi connectivity index (χ4n) is 3.87. The second kappa shape index (κ2) is 9.95. The van der Waals surface area contributed by atoms with Crippen LogP contribution < -0.4 is 15.5 Å². The molecule has 2 N–H and O–H groups in total. The number of amides is 1. The van der Waals surface area contributed by atoms with Gasteiger partial charge in [0.25, 0.3) is 5.91 Å². The van der Waals surface area contributed by atoms with Crippen LogP contribution in [0.2, 0.25) is 0 Å². The molecular formula is C23H30N8O2. The Labute approximate surface area is 193 Å². The summed E-state index contributed by atoms with van der Waals surface area (Å²) in [6.45, 7) is 12.7. The predicted octanol–water partition coefficient (Wildman–Crippen LogP) is 3.31. The summed E-state index contributed by atoms with van der Waals surface area (Å²) >= 11 is 0. The third-order valence-corrected chi connectivity index (χ3v) is 5.60. The van der Waals surface area contributed by atoms with Crippen LogP contribution in [0.5, 0.6) is 0 Å². The van der Waals surface area contributed by atoms with Crippen molar-refractivity contribution in [1.82, 2.24) is 24.8 Å². The Morgan fingerprint density at radius 2 is 1.79 bits per heavy atom. The molecule has 33 heavy (non-hydrogen) atoms. The normalized spacial score (nSPS) is 14.4. The topological polar surface area (TPSA) is 112 Å². The minimum atomic E-state index is -0.370. The van der Waals surface area contributed by atoms with Crippen LogP contribution in [0.1, 0.15) is 40.9 Å². The van der Waals surface area contributed by atoms with E-state index in [9.17, 15) is 4.79 Å². The molecule has 0 aliphatic carbocycles. The number of rotatable bonds is 7. The molecule has 1 aliphatic heterocycles. The van der Waals surface area contributed by atoms with Crippen molar-refractivity contribution in [3.8, 4) is 0 Å². The first-order chi connectivity index (χ1) is 15.9. The number of aromatic nitrogens is 4. The summed E-state index contributed by atoms with van der Waals surface area (Å²) < 4.78 is 5.61. The van der Waals surface area contributed by atoms with Gasteiger partial charge >= 0.3 is 6.01 Å². The predicted molar refractivity (Wildman–Crippen MR) is 127 cm³/mol. The van der Waals surface area contributed by atoms with Crippen LogP contribution in [0.15, 0.2) is 28.8 Å². The van der Waals surface area contributed by atoms with Crippen LogP contribution >= 0.6 is 0 Å². The van der Waals surface area contributed by atoms with Crippen molar-refractivity contribution in [2.75, 3.05) is 48.3 Å². The summed E-state index contributed by atoms with van der Waals surface area (Å²) in [6.07, 6.45) is 2.53. The van der Waals surface area contributed by atoms with E-state index >= 15 is 0 Å². The van der Waals surface area contributed by atoms with Gasteiger partial charge in [-0.15, -0.1) is 0 Å². The van der Waals surface area contributed by atoms with Crippen LogP contribution in [0, 0.1) is 20.8 Å². The van der Waals surface area contributed by atoms with Gasteiger partial charge in [0.05, 0.1) is 6.20 Å². The van der Waals surface area contributed by atoms with Crippen molar-refractivity contribution in [3.63, 3.8) is 0 Å². The average Bonchev–Trinajstić information content (AvgIpc) is 3.25. The molecule has 10 nitrogen and oxygen atoms in total. The lowest BCUT2D eigenvalue weighted by atomic mass is 10.1. The van der Waals surface area contributed by atoms with Crippen molar-refractivity contribution in [3.05, 3.63) is 47.1 Å². The van der Waals surface area contributed by atoms with Crippen molar-refractivity contribution in [2.24, 2.45) is 0 Å². The van der Waals surface area contributed by atoms with Crippen molar-refractivity contribution < 1.29 is 9.21 Å². The largest absolute Gasteiger partial charge is 0.418 e. The van der Waals surface area contributed by atoms with Crippen molar-refractivity contribution in [2.45, 2.75) is 34.1 Å². The highest BCUT2D eigenvalue weighted by molar-refractivity contribution is 6.03. The maximum Gasteiger partial charge on any atom is 0.302 e. The summed E-state index contributed by atoms with van der Waals surface area (Å²) in [6, 6.07) is 5.99. The van der Waals surface area contributed by atoms with Crippen LogP contribution in [0.25, 0.3) is 0 Å². The molecule has 174 valence electrons. The molecule has 0 atom stereocenters. The van der Waals surface area contributed by atoms with E-state index in [4.69, 9.17) is 4.42 Å². The molecule has 3 heterocycles. The lowest BCUT2D eigenvalue weighted by Gasteiger charge is -2.34. The summed E-state index contributed by atoms with van der Waals surface area (Å²) in [4.78, 5) is 34.8. The van der Waals surface area contributed by atoms with Crippen LogP contribution in [0.4, 0.5) is 23.6 Å². The van der Waals surface area contributed by atoms with Gasteiger partial charge in [0, 0.05) is 31.9 Å². The third-order valence-electron chi connectivity index (χ3n) is 5.60. The molecule has 0 unspecified atom stereocenters. The Morgan fingerprint density at radius 3 is 2.48 bits per heavy atom. The number of carbonyl (C=O) groups excluding carboxylic acids is 1. The van der Waals surface area contributed by atoms with E-state index in [2.05, 4.69) is 47.3 Å². The van der Waals surface area contributed by atoms with Crippen LogP contribution in [0.3, 0.4) is 0 Å². The minimum Gasteiger partial charge on any atom is -0.418 e. The standard InChI is InChI=1S/C23H30N8O2/c1-5-9-30-10-12-31(13-11-30)22-26-17(4)25-21(28-22)29-23-24-14-18(33-23)20(32)27-19-15(2)7-6-8-16(19)3/h6-8,14H,5,9-13H2,1-4H3,(H,27,32)(H,24,25,26,28,29). The van der Waals surface area contributed by atoms with Crippen LogP contribution in [-0.2, 0) is 0 Å². The number of aryl methyl sites for hydroxylation is 3. The van der Waals surface area contributed by atoms with Crippen molar-refractivity contribution >= 4 is 29.5 Å². The first-order valence-corrected chi connectivity index (χ1v) is 11.2. The van der Waals surface area contributed by atoms with Gasteiger partial charge in [-0.1, -0.05) is 25.1 Å². The number of anilines is 4. The van der Waals surface area contributed by atoms with Gasteiger partial charge in [0.2, 0.25) is 17.7 Å². The number of nitrogens with one attached hydrogen (secondary N) is 2. The Kier molecular flexibility index (Phi) is 6.83. The molecule has 4 rings (SSSR count). The second-order valence-corrected chi connectivity index (χ2v) is 8.21. The Hall–Kier alpha value is -3.53. The molecule has 1 amide bonds. The zero-order chi connectivity index (χ0) is 23.4. The number of para-hydroxylation sites is 1. The summed E-state index contributed by atoms with van der Waals surface area (Å²) in [5.41, 5.74) is 2.72. The van der Waals surface area contributed by atoms with Gasteiger partial charge < -0.3 is 14.6 Å². The number of hydrogen-bond acceptors (Lipinski definition) is 9. The molecule has 10 heteroatoms. The fourth-order valence-corrected chi connectivity index (χ4v) is 3.87. The van der Waals surface area contributed by atoms with E-state index in [-0.39, 0.29) is 17.7 Å². The lowest BCUT2D eigenvalue weighted by molar-refractivity contribution is 0.0997. The smallest absolute Gasteiger partial charge is 0.302 e. The number of benzene rings is 1. The van der Waals surface area contributed by atoms with Gasteiger partial charge in [-0.2, -0.15) is 15.0 Å². The van der Waals surface area contributed by atoms with E-state index in [0.717, 1.165) is 56.0 Å². The first-order valence-electron chi connectivity index (χ1n) is 11.2. The maximum absolute atomic E-state index is 12.6. The van der Waals surface area contributed by atoms with Crippen LogP contribution in [-0.4, -0.2) is 63.5 Å². The van der Waals surface area contributed by atoms with Gasteiger partial charge in [0.15, 0.2) is 0 Å². The Morgan fingerprint density at radius 1 is 1.06 bits per heavy atom. The monoisotopic (exact) mass is 450 g/mol. The van der Waals surface area contributed by atoms with E-state index in [0.29, 0.717) is 17.7 Å². The molecule has 0 bridgehead atoms. The van der Waals surface area contributed by atoms with E-state index < -0.39 is 0 Å². The maximum atomic E-state index is 12.6. The highest BCUT2D eigenvalue weighted by atomic mass is 16.4. The number of nitrogens with zero attached hydrogens (tertiary/aromatic N) is 6. The summed E-state index contributed by atoms with van der Waals surface area (Å²) in [5.74, 6) is 1.28. The molecule has 1 aromatic carbocycles. The van der Waals surface area contributed by atoms with E-state index in [1.54, 1.807) is 0 Å². The average molecular weight is 451 g/mol. The molecule has 2 aromatic heterocycles. The number of hydrogen-bond donors (Lipinski definition) is 2. The van der Waals surface area contributed by atoms with Gasteiger partial charge in [-0.05, 0) is 44.9 Å². The summed E-state index contributed by atoms with van der Waals surface area (Å²) in [7, 11) is 0. The third kappa shape index (κ3) is 5.46. The number of carbonyl (C=O) groups is 1. The molecular weight excluding hydrogens is 420 g/mol. The molecule has 3 aromatic rings.